The van der Waals surface area contributed by atoms with E-state index in [0.29, 0.717) is 0 Å². The molecule has 2 heteroatoms. The second-order valence-electron chi connectivity index (χ2n) is 6.04. The second kappa shape index (κ2) is 12.4. The van der Waals surface area contributed by atoms with Crippen molar-refractivity contribution in [1.82, 2.24) is 0 Å². The molecule has 2 nitrogen and oxygen atoms in total. The topological polar surface area (TPSA) is 37.3 Å². The quantitative estimate of drug-likeness (QED) is 0.605. The Hall–Kier alpha value is -1.31. The van der Waals surface area contributed by atoms with Crippen molar-refractivity contribution in [3.8, 4) is 0 Å². The summed E-state index contributed by atoms with van der Waals surface area (Å²) in [4.78, 5) is 9.00. The zero-order chi connectivity index (χ0) is 16.1. The van der Waals surface area contributed by atoms with Crippen molar-refractivity contribution in [2.75, 3.05) is 0 Å². The summed E-state index contributed by atoms with van der Waals surface area (Å²) in [5, 5.41) is 7.42. The SMILES string of the molecule is CC(=O)O.CC(C)=CCC/C(C)=C/CCC1=CCCCC1. The molecule has 1 N–H and O–H groups in total. The van der Waals surface area contributed by atoms with E-state index < -0.39 is 5.97 Å². The Morgan fingerprint density at radius 2 is 1.81 bits per heavy atom. The summed E-state index contributed by atoms with van der Waals surface area (Å²) in [7, 11) is 0. The summed E-state index contributed by atoms with van der Waals surface area (Å²) in [5.74, 6) is -0.833. The lowest BCUT2D eigenvalue weighted by molar-refractivity contribution is -0.134. The average molecular weight is 292 g/mol. The number of hydrogen-bond acceptors (Lipinski definition) is 1. The minimum Gasteiger partial charge on any atom is -0.481 e. The van der Waals surface area contributed by atoms with E-state index in [1.54, 1.807) is 11.1 Å². The van der Waals surface area contributed by atoms with Crippen LogP contribution in [0, 0.1) is 0 Å². The van der Waals surface area contributed by atoms with Crippen LogP contribution in [0.3, 0.4) is 0 Å². The molecule has 1 aliphatic carbocycles. The lowest BCUT2D eigenvalue weighted by atomic mass is 9.95. The van der Waals surface area contributed by atoms with Gasteiger partial charge in [-0.25, -0.2) is 0 Å². The number of carboxylic acid groups (broad SMARTS) is 1. The molecule has 21 heavy (non-hydrogen) atoms. The van der Waals surface area contributed by atoms with Crippen molar-refractivity contribution in [2.24, 2.45) is 0 Å². The first-order valence-electron chi connectivity index (χ1n) is 8.08. The molecule has 0 fully saturated rings. The zero-order valence-electron chi connectivity index (χ0n) is 14.2. The summed E-state index contributed by atoms with van der Waals surface area (Å²) < 4.78 is 0. The Morgan fingerprint density at radius 1 is 1.14 bits per heavy atom. The van der Waals surface area contributed by atoms with Crippen molar-refractivity contribution >= 4 is 5.97 Å². The number of carboxylic acids is 1. The van der Waals surface area contributed by atoms with Crippen molar-refractivity contribution < 1.29 is 9.90 Å². The van der Waals surface area contributed by atoms with Gasteiger partial charge in [-0.15, -0.1) is 0 Å². The molecule has 0 spiro atoms. The van der Waals surface area contributed by atoms with Gasteiger partial charge in [0.25, 0.3) is 5.97 Å². The van der Waals surface area contributed by atoms with E-state index in [-0.39, 0.29) is 0 Å². The number of allylic oxidation sites excluding steroid dienone is 6. The second-order valence-corrected chi connectivity index (χ2v) is 6.04. The smallest absolute Gasteiger partial charge is 0.300 e. The zero-order valence-corrected chi connectivity index (χ0v) is 14.2. The van der Waals surface area contributed by atoms with Crippen LogP contribution in [0.15, 0.2) is 34.9 Å². The highest BCUT2D eigenvalue weighted by molar-refractivity contribution is 5.62. The largest absolute Gasteiger partial charge is 0.481 e. The highest BCUT2D eigenvalue weighted by Gasteiger charge is 2.02. The van der Waals surface area contributed by atoms with Crippen LogP contribution in [-0.2, 0) is 4.79 Å². The van der Waals surface area contributed by atoms with Crippen LogP contribution >= 0.6 is 0 Å². The number of carbonyl (C=O) groups is 1. The molecular weight excluding hydrogens is 260 g/mol. The maximum absolute atomic E-state index is 9.00. The standard InChI is InChI=1S/C17H28.C2H4O2/c1-15(2)9-7-10-16(3)11-8-14-17-12-5-4-6-13-17;1-2(3)4/h9,11-12H,4-8,10,13-14H2,1-3H3;1H3,(H,3,4)/b16-11+;. The molecular formula is C19H32O2. The molecule has 0 atom stereocenters. The van der Waals surface area contributed by atoms with E-state index >= 15 is 0 Å². The summed E-state index contributed by atoms with van der Waals surface area (Å²) in [6.45, 7) is 7.71. The van der Waals surface area contributed by atoms with Gasteiger partial charge >= 0.3 is 0 Å². The van der Waals surface area contributed by atoms with Gasteiger partial charge in [-0.2, -0.15) is 0 Å². The summed E-state index contributed by atoms with van der Waals surface area (Å²) >= 11 is 0. The Kier molecular flexibility index (Phi) is 11.7. The van der Waals surface area contributed by atoms with Crippen molar-refractivity contribution in [2.45, 2.75) is 79.1 Å². The van der Waals surface area contributed by atoms with Gasteiger partial charge in [-0.3, -0.25) is 4.79 Å². The maximum Gasteiger partial charge on any atom is 0.300 e. The fourth-order valence-electron chi connectivity index (χ4n) is 2.33. The van der Waals surface area contributed by atoms with Crippen LogP contribution in [0.5, 0.6) is 0 Å². The van der Waals surface area contributed by atoms with Gasteiger partial charge in [0, 0.05) is 6.92 Å². The van der Waals surface area contributed by atoms with Crippen LogP contribution in [0.2, 0.25) is 0 Å². The third-order valence-electron chi connectivity index (χ3n) is 3.43. The molecule has 0 aromatic rings. The van der Waals surface area contributed by atoms with Gasteiger partial charge in [0.1, 0.15) is 0 Å². The monoisotopic (exact) mass is 292 g/mol. The minimum absolute atomic E-state index is 0.833. The van der Waals surface area contributed by atoms with E-state index in [4.69, 9.17) is 9.90 Å². The Balaban J connectivity index is 0.000000885. The molecule has 0 saturated carbocycles. The van der Waals surface area contributed by atoms with Crippen LogP contribution in [-0.4, -0.2) is 11.1 Å². The number of aliphatic carboxylic acids is 1. The summed E-state index contributed by atoms with van der Waals surface area (Å²) in [5.41, 5.74) is 4.69. The van der Waals surface area contributed by atoms with E-state index in [9.17, 15) is 0 Å². The minimum atomic E-state index is -0.833. The molecule has 0 aliphatic heterocycles. The van der Waals surface area contributed by atoms with Crippen LogP contribution in [0.1, 0.15) is 79.1 Å². The molecule has 0 radical (unpaired) electrons. The first-order valence-corrected chi connectivity index (χ1v) is 8.08. The molecule has 0 saturated heterocycles. The van der Waals surface area contributed by atoms with E-state index in [2.05, 4.69) is 39.0 Å². The molecule has 0 unspecified atom stereocenters. The van der Waals surface area contributed by atoms with Crippen molar-refractivity contribution in [3.05, 3.63) is 34.9 Å². The highest BCUT2D eigenvalue weighted by Crippen LogP contribution is 2.21. The third kappa shape index (κ3) is 14.9. The van der Waals surface area contributed by atoms with Crippen LogP contribution < -0.4 is 0 Å². The van der Waals surface area contributed by atoms with Gasteiger partial charge in [-0.05, 0) is 72.1 Å². The third-order valence-corrected chi connectivity index (χ3v) is 3.43. The van der Waals surface area contributed by atoms with Gasteiger partial charge in [0.15, 0.2) is 0 Å². The Morgan fingerprint density at radius 3 is 2.33 bits per heavy atom. The molecule has 1 rings (SSSR count). The molecule has 120 valence electrons. The molecule has 0 bridgehead atoms. The molecule has 1 aliphatic rings. The number of hydrogen-bond donors (Lipinski definition) is 1. The first-order chi connectivity index (χ1) is 9.91. The van der Waals surface area contributed by atoms with Gasteiger partial charge in [-0.1, -0.05) is 34.9 Å². The maximum atomic E-state index is 9.00. The van der Waals surface area contributed by atoms with Crippen LogP contribution in [0.25, 0.3) is 0 Å². The van der Waals surface area contributed by atoms with Gasteiger partial charge in [0.2, 0.25) is 0 Å². The van der Waals surface area contributed by atoms with Crippen molar-refractivity contribution in [3.63, 3.8) is 0 Å². The lowest BCUT2D eigenvalue weighted by Gasteiger charge is -2.11. The van der Waals surface area contributed by atoms with Crippen LogP contribution in [0.4, 0.5) is 0 Å². The summed E-state index contributed by atoms with van der Waals surface area (Å²) in [6, 6.07) is 0. The predicted octanol–water partition coefficient (Wildman–Crippen LogP) is 6.05. The molecule has 0 aromatic heterocycles. The predicted molar refractivity (Wildman–Crippen MR) is 91.5 cm³/mol. The highest BCUT2D eigenvalue weighted by atomic mass is 16.4. The molecule has 0 heterocycles. The Bertz CT molecular complexity index is 378. The first kappa shape index (κ1) is 19.7. The van der Waals surface area contributed by atoms with Gasteiger partial charge in [0.05, 0.1) is 0 Å². The van der Waals surface area contributed by atoms with Gasteiger partial charge < -0.3 is 5.11 Å². The average Bonchev–Trinajstić information content (AvgIpc) is 2.39. The number of rotatable bonds is 6. The fraction of sp³-hybridized carbons (Fsp3) is 0.632. The fourth-order valence-corrected chi connectivity index (χ4v) is 2.33. The van der Waals surface area contributed by atoms with E-state index in [1.165, 1.54) is 56.9 Å². The normalized spacial score (nSPS) is 14.7. The summed E-state index contributed by atoms with van der Waals surface area (Å²) in [6.07, 6.45) is 17.7. The van der Waals surface area contributed by atoms with E-state index in [1.807, 2.05) is 0 Å². The van der Waals surface area contributed by atoms with E-state index in [0.717, 1.165) is 6.92 Å². The lowest BCUT2D eigenvalue weighted by Crippen LogP contribution is -1.91. The van der Waals surface area contributed by atoms with Crippen molar-refractivity contribution in [1.29, 1.82) is 0 Å². The molecule has 0 amide bonds. The molecule has 0 aromatic carbocycles. The Labute approximate surface area is 130 Å².